The van der Waals surface area contributed by atoms with Gasteiger partial charge < -0.3 is 0 Å². The van der Waals surface area contributed by atoms with Crippen LogP contribution in [0.3, 0.4) is 0 Å². The Morgan fingerprint density at radius 3 is 2.87 bits per heavy atom. The minimum absolute atomic E-state index is 0.0593. The molecule has 0 fully saturated rings. The fourth-order valence-corrected chi connectivity index (χ4v) is 3.61. The third-order valence-corrected chi connectivity index (χ3v) is 4.85. The molecule has 3 rings (SSSR count). The van der Waals surface area contributed by atoms with Gasteiger partial charge in [0.1, 0.15) is 0 Å². The lowest BCUT2D eigenvalue weighted by Gasteiger charge is -2.25. The van der Waals surface area contributed by atoms with E-state index in [-0.39, 0.29) is 11.8 Å². The van der Waals surface area contributed by atoms with Crippen LogP contribution in [0.25, 0.3) is 11.3 Å². The first-order valence-electron chi connectivity index (χ1n) is 7.88. The van der Waals surface area contributed by atoms with E-state index in [9.17, 15) is 4.79 Å². The maximum absolute atomic E-state index is 12.8. The Bertz CT molecular complexity index is 705. The lowest BCUT2D eigenvalue weighted by molar-refractivity contribution is -0.122. The standard InChI is InChI=1S/C19H20N2OS/c1-2-13-21(18(22)16-11-7-4-8-12-16)19-20-17(14-23-19)15-9-5-3-6-10-15/h2-7,9-10,14,16H,1,8,11-13H2. The normalized spacial score (nSPS) is 17.0. The van der Waals surface area contributed by atoms with Crippen LogP contribution in [0.1, 0.15) is 19.3 Å². The summed E-state index contributed by atoms with van der Waals surface area (Å²) in [5, 5.41) is 2.76. The Labute approximate surface area is 141 Å². The van der Waals surface area contributed by atoms with Gasteiger partial charge in [0.2, 0.25) is 5.91 Å². The minimum atomic E-state index is 0.0593. The van der Waals surface area contributed by atoms with Gasteiger partial charge in [0.25, 0.3) is 0 Å². The van der Waals surface area contributed by atoms with Crippen molar-refractivity contribution in [2.75, 3.05) is 11.4 Å². The van der Waals surface area contributed by atoms with Crippen LogP contribution in [0.15, 0.2) is 60.5 Å². The number of nitrogens with zero attached hydrogens (tertiary/aromatic N) is 2. The number of amides is 1. The molecule has 1 aliphatic rings. The van der Waals surface area contributed by atoms with Crippen LogP contribution in [0.2, 0.25) is 0 Å². The molecule has 1 heterocycles. The Kier molecular flexibility index (Phi) is 5.03. The summed E-state index contributed by atoms with van der Waals surface area (Å²) < 4.78 is 0. The summed E-state index contributed by atoms with van der Waals surface area (Å²) in [4.78, 5) is 19.3. The number of carbonyl (C=O) groups is 1. The van der Waals surface area contributed by atoms with Gasteiger partial charge in [0, 0.05) is 23.4 Å². The van der Waals surface area contributed by atoms with Gasteiger partial charge in [0.05, 0.1) is 5.69 Å². The highest BCUT2D eigenvalue weighted by Gasteiger charge is 2.26. The molecule has 1 amide bonds. The molecule has 0 radical (unpaired) electrons. The molecule has 0 N–H and O–H groups in total. The first kappa shape index (κ1) is 15.7. The number of benzene rings is 1. The zero-order valence-electron chi connectivity index (χ0n) is 13.0. The quantitative estimate of drug-likeness (QED) is 0.748. The van der Waals surface area contributed by atoms with Gasteiger partial charge in [-0.3, -0.25) is 9.69 Å². The molecular formula is C19H20N2OS. The number of thiazole rings is 1. The molecule has 1 aromatic carbocycles. The van der Waals surface area contributed by atoms with E-state index in [0.29, 0.717) is 6.54 Å². The molecule has 4 heteroatoms. The van der Waals surface area contributed by atoms with Crippen LogP contribution in [0.5, 0.6) is 0 Å². The Morgan fingerprint density at radius 1 is 1.35 bits per heavy atom. The lowest BCUT2D eigenvalue weighted by atomic mass is 9.93. The largest absolute Gasteiger partial charge is 0.284 e. The second kappa shape index (κ2) is 7.38. The van der Waals surface area contributed by atoms with E-state index in [4.69, 9.17) is 0 Å². The van der Waals surface area contributed by atoms with Crippen LogP contribution in [0, 0.1) is 5.92 Å². The molecule has 2 aromatic rings. The van der Waals surface area contributed by atoms with Crippen molar-refractivity contribution in [2.45, 2.75) is 19.3 Å². The molecule has 118 valence electrons. The molecule has 1 aliphatic carbocycles. The summed E-state index contributed by atoms with van der Waals surface area (Å²) in [6.07, 6.45) is 8.74. The average molecular weight is 324 g/mol. The van der Waals surface area contributed by atoms with Gasteiger partial charge in [-0.05, 0) is 19.3 Å². The summed E-state index contributed by atoms with van der Waals surface area (Å²) in [5.41, 5.74) is 1.98. The smallest absolute Gasteiger partial charge is 0.232 e. The molecular weight excluding hydrogens is 304 g/mol. The summed E-state index contributed by atoms with van der Waals surface area (Å²) in [6, 6.07) is 10.0. The van der Waals surface area contributed by atoms with E-state index < -0.39 is 0 Å². The van der Waals surface area contributed by atoms with E-state index in [1.165, 1.54) is 11.3 Å². The van der Waals surface area contributed by atoms with Gasteiger partial charge in [-0.2, -0.15) is 0 Å². The number of anilines is 1. The monoisotopic (exact) mass is 324 g/mol. The first-order valence-corrected chi connectivity index (χ1v) is 8.76. The van der Waals surface area contributed by atoms with Crippen LogP contribution >= 0.6 is 11.3 Å². The van der Waals surface area contributed by atoms with Gasteiger partial charge in [-0.15, -0.1) is 17.9 Å². The van der Waals surface area contributed by atoms with Crippen molar-refractivity contribution in [1.82, 2.24) is 4.98 Å². The predicted octanol–water partition coefficient (Wildman–Crippen LogP) is 4.69. The van der Waals surface area contributed by atoms with Gasteiger partial charge in [-0.1, -0.05) is 48.6 Å². The number of hydrogen-bond acceptors (Lipinski definition) is 3. The van der Waals surface area contributed by atoms with Gasteiger partial charge in [0.15, 0.2) is 5.13 Å². The highest BCUT2D eigenvalue weighted by atomic mass is 32.1. The second-order valence-corrected chi connectivity index (χ2v) is 6.44. The van der Waals surface area contributed by atoms with E-state index in [1.807, 2.05) is 35.7 Å². The van der Waals surface area contributed by atoms with Gasteiger partial charge >= 0.3 is 0 Å². The van der Waals surface area contributed by atoms with Crippen LogP contribution in [-0.2, 0) is 4.79 Å². The summed E-state index contributed by atoms with van der Waals surface area (Å²) in [5.74, 6) is 0.215. The molecule has 0 saturated heterocycles. The number of allylic oxidation sites excluding steroid dienone is 2. The molecule has 0 bridgehead atoms. The van der Waals surface area contributed by atoms with Crippen LogP contribution in [-0.4, -0.2) is 17.4 Å². The molecule has 1 atom stereocenters. The summed E-state index contributed by atoms with van der Waals surface area (Å²) in [6.45, 7) is 4.29. The van der Waals surface area contributed by atoms with Crippen molar-refractivity contribution in [1.29, 1.82) is 0 Å². The molecule has 0 aliphatic heterocycles. The SMILES string of the molecule is C=CCN(C(=O)C1CC=CCC1)c1nc(-c2ccccc2)cs1. The lowest BCUT2D eigenvalue weighted by Crippen LogP contribution is -2.36. The van der Waals surface area contributed by atoms with Crippen molar-refractivity contribution in [2.24, 2.45) is 5.92 Å². The summed E-state index contributed by atoms with van der Waals surface area (Å²) >= 11 is 1.51. The van der Waals surface area contributed by atoms with E-state index >= 15 is 0 Å². The van der Waals surface area contributed by atoms with E-state index in [2.05, 4.69) is 23.7 Å². The third kappa shape index (κ3) is 3.59. The second-order valence-electron chi connectivity index (χ2n) is 5.60. The van der Waals surface area contributed by atoms with Crippen molar-refractivity contribution in [3.63, 3.8) is 0 Å². The molecule has 3 nitrogen and oxygen atoms in total. The summed E-state index contributed by atoms with van der Waals surface area (Å²) in [7, 11) is 0. The van der Waals surface area contributed by atoms with Crippen molar-refractivity contribution < 1.29 is 4.79 Å². The molecule has 0 spiro atoms. The maximum Gasteiger partial charge on any atom is 0.232 e. The predicted molar refractivity (Wildman–Crippen MR) is 96.6 cm³/mol. The zero-order chi connectivity index (χ0) is 16.1. The Hall–Kier alpha value is -2.20. The molecule has 1 unspecified atom stereocenters. The third-order valence-electron chi connectivity index (χ3n) is 3.99. The van der Waals surface area contributed by atoms with Crippen LogP contribution < -0.4 is 4.90 Å². The number of aromatic nitrogens is 1. The maximum atomic E-state index is 12.8. The number of rotatable bonds is 5. The Balaban J connectivity index is 1.84. The van der Waals surface area contributed by atoms with E-state index in [0.717, 1.165) is 35.7 Å². The van der Waals surface area contributed by atoms with Gasteiger partial charge in [-0.25, -0.2) is 4.98 Å². The first-order chi connectivity index (χ1) is 11.3. The zero-order valence-corrected chi connectivity index (χ0v) is 13.8. The van der Waals surface area contributed by atoms with Crippen LogP contribution in [0.4, 0.5) is 5.13 Å². The fourth-order valence-electron chi connectivity index (χ4n) is 2.76. The highest BCUT2D eigenvalue weighted by Crippen LogP contribution is 2.30. The molecule has 1 aromatic heterocycles. The van der Waals surface area contributed by atoms with E-state index in [1.54, 1.807) is 11.0 Å². The van der Waals surface area contributed by atoms with Crippen molar-refractivity contribution in [3.05, 3.63) is 60.5 Å². The van der Waals surface area contributed by atoms with Crippen molar-refractivity contribution >= 4 is 22.4 Å². The topological polar surface area (TPSA) is 33.2 Å². The molecule has 0 saturated carbocycles. The number of hydrogen-bond donors (Lipinski definition) is 0. The average Bonchev–Trinajstić information content (AvgIpc) is 3.10. The minimum Gasteiger partial charge on any atom is -0.284 e. The Morgan fingerprint density at radius 2 is 2.17 bits per heavy atom. The van der Waals surface area contributed by atoms with Crippen molar-refractivity contribution in [3.8, 4) is 11.3 Å². The fraction of sp³-hybridized carbons (Fsp3) is 0.263. The number of carbonyl (C=O) groups excluding carboxylic acids is 1. The molecule has 23 heavy (non-hydrogen) atoms. The highest BCUT2D eigenvalue weighted by molar-refractivity contribution is 7.14.